The standard InChI is InChI=1S/C46H34N4O.Pt/c1-30(2)49-42-21-10-11-22-43(42)50(51-49)34-14-12-13-32(28-34)46(39-18-7-4-15-35(39)36-16-5-8-19-40(36)46)33-23-24-38-37-17-6-9-20-41(37)48(44(38)29-33)45-27-31(3)25-26-47-45;/h4-27,30H,1-3H3;/q-2;/p+1. The van der Waals surface area contributed by atoms with Crippen molar-refractivity contribution in [3.05, 3.63) is 186 Å². The summed E-state index contributed by atoms with van der Waals surface area (Å²) in [5, 5.41) is 6.45. The number of hydrogen-bond acceptors (Lipinski definition) is 3. The fraction of sp³-hybridized carbons (Fsp3) is 0.109. The zero-order valence-corrected chi connectivity index (χ0v) is 31.3. The molecule has 0 saturated heterocycles. The van der Waals surface area contributed by atoms with E-state index in [-0.39, 0.29) is 27.1 Å². The van der Waals surface area contributed by atoms with Crippen molar-refractivity contribution in [3.63, 3.8) is 0 Å². The van der Waals surface area contributed by atoms with E-state index in [2.05, 4.69) is 176 Å². The van der Waals surface area contributed by atoms with Crippen molar-refractivity contribution in [2.24, 2.45) is 0 Å². The molecule has 52 heavy (non-hydrogen) atoms. The third kappa shape index (κ3) is 4.59. The number of hydroxylamine groups is 1. The Labute approximate surface area is 317 Å². The van der Waals surface area contributed by atoms with Crippen molar-refractivity contribution in [2.75, 3.05) is 10.1 Å². The molecule has 0 saturated carbocycles. The Morgan fingerprint density at radius 1 is 0.654 bits per heavy atom. The first-order chi connectivity index (χ1) is 25.0. The first-order valence-electron chi connectivity index (χ1n) is 17.5. The monoisotopic (exact) mass is 854 g/mol. The van der Waals surface area contributed by atoms with E-state index in [0.717, 1.165) is 56.0 Å². The van der Waals surface area contributed by atoms with E-state index in [1.807, 2.05) is 17.3 Å². The third-order valence-electron chi connectivity index (χ3n) is 10.5. The first kappa shape index (κ1) is 32.4. The maximum atomic E-state index is 5.11. The van der Waals surface area contributed by atoms with Gasteiger partial charge in [-0.15, -0.1) is 38.8 Å². The van der Waals surface area contributed by atoms with Crippen LogP contribution >= 0.6 is 0 Å². The molecule has 0 atom stereocenters. The Kier molecular flexibility index (Phi) is 7.69. The summed E-state index contributed by atoms with van der Waals surface area (Å²) in [5.74, 6) is 0.883. The van der Waals surface area contributed by atoms with E-state index in [0.29, 0.717) is 0 Å². The van der Waals surface area contributed by atoms with Crippen molar-refractivity contribution in [1.29, 1.82) is 0 Å². The molecule has 0 spiro atoms. The van der Waals surface area contributed by atoms with Crippen LogP contribution in [0.5, 0.6) is 0 Å². The molecular weight excluding hydrogens is 820 g/mol. The number of hydrogen-bond donors (Lipinski definition) is 0. The SMILES string of the molecule is Cc1ccnc(-n2c3[c-]c(C4(c5[c-]c(N6[OH+]N(C(C)C)c7ccccc76)ccc5)c5ccccc5-c5ccccc54)ccc3c3ccccc32)c1.[Pt]. The van der Waals surface area contributed by atoms with Crippen molar-refractivity contribution < 1.29 is 26.0 Å². The molecule has 10 rings (SSSR count). The molecule has 1 aliphatic carbocycles. The first-order valence-corrected chi connectivity index (χ1v) is 17.5. The summed E-state index contributed by atoms with van der Waals surface area (Å²) in [6, 6.07) is 58.1. The Hall–Kier alpha value is -5.48. The number of fused-ring (bicyclic) bond motifs is 7. The van der Waals surface area contributed by atoms with E-state index in [9.17, 15) is 0 Å². The zero-order chi connectivity index (χ0) is 34.3. The van der Waals surface area contributed by atoms with Gasteiger partial charge in [-0.05, 0) is 84.3 Å². The quantitative estimate of drug-likeness (QED) is 0.128. The maximum Gasteiger partial charge on any atom is 0.145 e. The molecule has 0 radical (unpaired) electrons. The molecule has 5 nitrogen and oxygen atoms in total. The summed E-state index contributed by atoms with van der Waals surface area (Å²) < 4.78 is 2.27. The van der Waals surface area contributed by atoms with Crippen LogP contribution in [0, 0.1) is 19.1 Å². The number of aromatic nitrogens is 2. The van der Waals surface area contributed by atoms with E-state index < -0.39 is 5.41 Å². The van der Waals surface area contributed by atoms with Gasteiger partial charge in [-0.3, -0.25) is 0 Å². The number of pyridine rings is 1. The van der Waals surface area contributed by atoms with Gasteiger partial charge < -0.3 is 4.57 Å². The number of para-hydroxylation sites is 3. The second-order valence-corrected chi connectivity index (χ2v) is 13.8. The average molecular weight is 855 g/mol. The molecule has 0 bridgehead atoms. The van der Waals surface area contributed by atoms with Crippen molar-refractivity contribution in [3.8, 4) is 16.9 Å². The van der Waals surface area contributed by atoms with Crippen LogP contribution in [0.15, 0.2) is 146 Å². The van der Waals surface area contributed by atoms with Crippen LogP contribution in [0.4, 0.5) is 17.1 Å². The van der Waals surface area contributed by atoms with Crippen LogP contribution in [0.25, 0.3) is 38.8 Å². The van der Waals surface area contributed by atoms with Gasteiger partial charge >= 0.3 is 0 Å². The smallest absolute Gasteiger partial charge is 0.145 e. The van der Waals surface area contributed by atoms with Gasteiger partial charge in [-0.2, -0.15) is 35.3 Å². The molecule has 256 valence electrons. The molecule has 0 unspecified atom stereocenters. The molecule has 2 aliphatic rings. The minimum atomic E-state index is -0.699. The summed E-state index contributed by atoms with van der Waals surface area (Å²) >= 11 is 0. The molecule has 6 aromatic carbocycles. The topological polar surface area (TPSA) is 37.1 Å². The second kappa shape index (κ2) is 12.3. The Bertz CT molecular complexity index is 2620. The molecule has 2 aromatic heterocycles. The predicted molar refractivity (Wildman–Crippen MR) is 206 cm³/mol. The molecule has 6 heteroatoms. The van der Waals surface area contributed by atoms with Gasteiger partial charge in [-0.1, -0.05) is 84.4 Å². The third-order valence-corrected chi connectivity index (χ3v) is 10.5. The van der Waals surface area contributed by atoms with Crippen LogP contribution in [0.1, 0.15) is 41.7 Å². The van der Waals surface area contributed by atoms with Gasteiger partial charge in [0.1, 0.15) is 17.2 Å². The Morgan fingerprint density at radius 3 is 2.08 bits per heavy atom. The van der Waals surface area contributed by atoms with Gasteiger partial charge in [0.25, 0.3) is 0 Å². The minimum absolute atomic E-state index is 0. The largest absolute Gasteiger partial charge is 0.319 e. The molecule has 3 heterocycles. The second-order valence-electron chi connectivity index (χ2n) is 13.8. The number of benzene rings is 6. The van der Waals surface area contributed by atoms with Crippen LogP contribution in [0.3, 0.4) is 0 Å². The van der Waals surface area contributed by atoms with Crippen molar-refractivity contribution in [1.82, 2.24) is 9.55 Å². The zero-order valence-electron chi connectivity index (χ0n) is 29.0. The van der Waals surface area contributed by atoms with Crippen LogP contribution < -0.4 is 10.1 Å². The summed E-state index contributed by atoms with van der Waals surface area (Å²) in [6.45, 7) is 6.45. The predicted octanol–water partition coefficient (Wildman–Crippen LogP) is 10.7. The molecule has 8 aromatic rings. The fourth-order valence-electron chi connectivity index (χ4n) is 8.34. The van der Waals surface area contributed by atoms with E-state index in [1.165, 1.54) is 27.6 Å². The van der Waals surface area contributed by atoms with E-state index in [1.54, 1.807) is 0 Å². The molecule has 0 amide bonds. The number of nitrogens with zero attached hydrogens (tertiary/aromatic N) is 4. The van der Waals surface area contributed by atoms with E-state index >= 15 is 0 Å². The van der Waals surface area contributed by atoms with Gasteiger partial charge in [0.05, 0.1) is 6.04 Å². The van der Waals surface area contributed by atoms with Crippen LogP contribution in [0.2, 0.25) is 0 Å². The van der Waals surface area contributed by atoms with Crippen molar-refractivity contribution >= 4 is 38.9 Å². The number of rotatable bonds is 5. The summed E-state index contributed by atoms with van der Waals surface area (Å²) in [7, 11) is 0. The van der Waals surface area contributed by atoms with Gasteiger partial charge in [0.2, 0.25) is 0 Å². The Morgan fingerprint density at radius 2 is 1.33 bits per heavy atom. The average Bonchev–Trinajstić information content (AvgIpc) is 3.82. The van der Waals surface area contributed by atoms with Gasteiger partial charge in [-0.25, -0.2) is 4.98 Å². The number of aryl methyl sites for hydroxylation is 1. The number of anilines is 3. The van der Waals surface area contributed by atoms with Gasteiger partial charge in [0, 0.05) is 43.9 Å². The fourth-order valence-corrected chi connectivity index (χ4v) is 8.34. The van der Waals surface area contributed by atoms with Gasteiger partial charge in [0.15, 0.2) is 0 Å². The normalized spacial score (nSPS) is 14.1. The molecular formula is C46H35N4OPt-. The van der Waals surface area contributed by atoms with Crippen LogP contribution in [-0.2, 0) is 26.5 Å². The van der Waals surface area contributed by atoms with E-state index in [4.69, 9.17) is 9.92 Å². The molecule has 1 aliphatic heterocycles. The minimum Gasteiger partial charge on any atom is -0.319 e. The van der Waals surface area contributed by atoms with Crippen LogP contribution in [-0.4, -0.2) is 20.5 Å². The maximum absolute atomic E-state index is 5.11. The molecule has 0 fully saturated rings. The summed E-state index contributed by atoms with van der Waals surface area (Å²) in [6.07, 6.45) is 1.89. The Balaban J connectivity index is 0.00000360. The summed E-state index contributed by atoms with van der Waals surface area (Å²) in [5.41, 5.74) is 12.6. The molecule has 1 N–H and O–H groups in total. The summed E-state index contributed by atoms with van der Waals surface area (Å²) in [4.78, 5) is 9.98. The van der Waals surface area contributed by atoms with Crippen molar-refractivity contribution in [2.45, 2.75) is 32.2 Å².